The number of hydrogen-bond donors (Lipinski definition) is 1. The summed E-state index contributed by atoms with van der Waals surface area (Å²) in [6, 6.07) is 2.49. The molecule has 0 aliphatic carbocycles. The van der Waals surface area contributed by atoms with Gasteiger partial charge in [-0.15, -0.1) is 0 Å². The zero-order valence-electron chi connectivity index (χ0n) is 9.74. The summed E-state index contributed by atoms with van der Waals surface area (Å²) in [5.41, 5.74) is -0.612. The van der Waals surface area contributed by atoms with Crippen molar-refractivity contribution in [1.29, 1.82) is 0 Å². The van der Waals surface area contributed by atoms with Gasteiger partial charge in [-0.2, -0.15) is 0 Å². The first-order valence-electron chi connectivity index (χ1n) is 5.55. The van der Waals surface area contributed by atoms with E-state index in [1.54, 1.807) is 0 Å². The van der Waals surface area contributed by atoms with E-state index in [-0.39, 0.29) is 19.0 Å². The van der Waals surface area contributed by atoms with Crippen molar-refractivity contribution in [1.82, 2.24) is 10.2 Å². The van der Waals surface area contributed by atoms with E-state index in [4.69, 9.17) is 0 Å². The summed E-state index contributed by atoms with van der Waals surface area (Å²) in [6.07, 6.45) is 0. The molecule has 0 spiro atoms. The number of rotatable bonds is 1. The van der Waals surface area contributed by atoms with Gasteiger partial charge in [0.2, 0.25) is 5.91 Å². The summed E-state index contributed by atoms with van der Waals surface area (Å²) in [4.78, 5) is 24.6. The predicted octanol–water partition coefficient (Wildman–Crippen LogP) is 0.925. The molecule has 1 saturated heterocycles. The van der Waals surface area contributed by atoms with Crippen molar-refractivity contribution >= 4 is 11.8 Å². The Hall–Kier alpha value is -1.98. The Labute approximate surface area is 103 Å². The maximum atomic E-state index is 13.5. The van der Waals surface area contributed by atoms with Gasteiger partial charge in [-0.3, -0.25) is 9.59 Å². The highest BCUT2D eigenvalue weighted by Gasteiger charge is 2.32. The zero-order valence-corrected chi connectivity index (χ0v) is 9.74. The highest BCUT2D eigenvalue weighted by Crippen LogP contribution is 2.17. The molecule has 2 amide bonds. The minimum atomic E-state index is -0.918. The third-order valence-electron chi connectivity index (χ3n) is 2.94. The first-order chi connectivity index (χ1) is 8.52. The first-order valence-corrected chi connectivity index (χ1v) is 5.55. The summed E-state index contributed by atoms with van der Waals surface area (Å²) >= 11 is 0. The lowest BCUT2D eigenvalue weighted by atomic mass is 10.1. The molecule has 1 aliphatic heterocycles. The minimum absolute atomic E-state index is 0.236. The van der Waals surface area contributed by atoms with Crippen LogP contribution in [-0.4, -0.2) is 35.8 Å². The standard InChI is InChI=1S/C12H12F2N2O2/c1-7-11(17)15-5-6-16(7)12(18)10-8(13)3-2-4-9(10)14/h2-4,7H,5-6H2,1H3,(H,15,17). The zero-order chi connectivity index (χ0) is 13.3. The van der Waals surface area contributed by atoms with E-state index in [1.807, 2.05) is 0 Å². The molecular formula is C12H12F2N2O2. The number of piperazine rings is 1. The van der Waals surface area contributed by atoms with E-state index >= 15 is 0 Å². The Kier molecular flexibility index (Phi) is 3.27. The Balaban J connectivity index is 2.34. The van der Waals surface area contributed by atoms with E-state index in [0.29, 0.717) is 0 Å². The third kappa shape index (κ3) is 2.05. The summed E-state index contributed by atoms with van der Waals surface area (Å²) < 4.78 is 27.0. The predicted molar refractivity (Wildman–Crippen MR) is 59.9 cm³/mol. The van der Waals surface area contributed by atoms with Crippen LogP contribution in [0.2, 0.25) is 0 Å². The molecular weight excluding hydrogens is 242 g/mol. The van der Waals surface area contributed by atoms with Crippen LogP contribution in [0.4, 0.5) is 8.78 Å². The lowest BCUT2D eigenvalue weighted by Crippen LogP contribution is -2.56. The molecule has 1 heterocycles. The van der Waals surface area contributed by atoms with Crippen LogP contribution in [0.5, 0.6) is 0 Å². The number of carbonyl (C=O) groups is 2. The second kappa shape index (κ2) is 4.72. The molecule has 1 N–H and O–H groups in total. The summed E-state index contributed by atoms with van der Waals surface area (Å²) in [5.74, 6) is -2.96. The van der Waals surface area contributed by atoms with Crippen molar-refractivity contribution in [3.63, 3.8) is 0 Å². The molecule has 0 saturated carbocycles. The van der Waals surface area contributed by atoms with Crippen LogP contribution in [0.3, 0.4) is 0 Å². The van der Waals surface area contributed by atoms with Gasteiger partial charge in [0.15, 0.2) is 0 Å². The molecule has 1 atom stereocenters. The highest BCUT2D eigenvalue weighted by atomic mass is 19.1. The van der Waals surface area contributed by atoms with E-state index < -0.39 is 29.1 Å². The molecule has 4 nitrogen and oxygen atoms in total. The third-order valence-corrected chi connectivity index (χ3v) is 2.94. The van der Waals surface area contributed by atoms with E-state index in [9.17, 15) is 18.4 Å². The Morgan fingerprint density at radius 1 is 1.39 bits per heavy atom. The van der Waals surface area contributed by atoms with Crippen LogP contribution in [0.25, 0.3) is 0 Å². The number of carbonyl (C=O) groups excluding carboxylic acids is 2. The van der Waals surface area contributed by atoms with Crippen molar-refractivity contribution in [2.24, 2.45) is 0 Å². The van der Waals surface area contributed by atoms with Crippen LogP contribution in [0, 0.1) is 11.6 Å². The molecule has 2 rings (SSSR count). The number of nitrogens with zero attached hydrogens (tertiary/aromatic N) is 1. The Bertz CT molecular complexity index is 485. The fourth-order valence-electron chi connectivity index (χ4n) is 1.91. The Morgan fingerprint density at radius 3 is 2.61 bits per heavy atom. The fraction of sp³-hybridized carbons (Fsp3) is 0.333. The van der Waals surface area contributed by atoms with Gasteiger partial charge in [-0.05, 0) is 19.1 Å². The van der Waals surface area contributed by atoms with Gasteiger partial charge in [-0.1, -0.05) is 6.07 Å². The average Bonchev–Trinajstić information content (AvgIpc) is 2.32. The quantitative estimate of drug-likeness (QED) is 0.810. The van der Waals surface area contributed by atoms with Crippen LogP contribution in [0.1, 0.15) is 17.3 Å². The molecule has 1 fully saturated rings. The maximum absolute atomic E-state index is 13.5. The van der Waals surface area contributed by atoms with Gasteiger partial charge < -0.3 is 10.2 Å². The van der Waals surface area contributed by atoms with Crippen LogP contribution >= 0.6 is 0 Å². The van der Waals surface area contributed by atoms with Crippen LogP contribution in [-0.2, 0) is 4.79 Å². The number of hydrogen-bond acceptors (Lipinski definition) is 2. The van der Waals surface area contributed by atoms with Gasteiger partial charge in [0.05, 0.1) is 0 Å². The number of amides is 2. The molecule has 0 radical (unpaired) electrons. The SMILES string of the molecule is CC1C(=O)NCCN1C(=O)c1c(F)cccc1F. The van der Waals surface area contributed by atoms with Crippen molar-refractivity contribution in [3.8, 4) is 0 Å². The Morgan fingerprint density at radius 2 is 2.00 bits per heavy atom. The van der Waals surface area contributed by atoms with Gasteiger partial charge >= 0.3 is 0 Å². The molecule has 1 aromatic rings. The molecule has 18 heavy (non-hydrogen) atoms. The normalized spacial score (nSPS) is 19.6. The molecule has 6 heteroatoms. The minimum Gasteiger partial charge on any atom is -0.353 e. The van der Waals surface area contributed by atoms with Gasteiger partial charge in [0, 0.05) is 13.1 Å². The molecule has 1 aliphatic rings. The molecule has 1 unspecified atom stereocenters. The summed E-state index contributed by atoms with van der Waals surface area (Å²) in [6.45, 7) is 2.04. The summed E-state index contributed by atoms with van der Waals surface area (Å²) in [5, 5.41) is 2.58. The van der Waals surface area contributed by atoms with Gasteiger partial charge in [-0.25, -0.2) is 8.78 Å². The van der Waals surface area contributed by atoms with Crippen LogP contribution in [0.15, 0.2) is 18.2 Å². The van der Waals surface area contributed by atoms with Gasteiger partial charge in [0.1, 0.15) is 23.2 Å². The molecule has 96 valence electrons. The lowest BCUT2D eigenvalue weighted by Gasteiger charge is -2.32. The topological polar surface area (TPSA) is 49.4 Å². The smallest absolute Gasteiger partial charge is 0.260 e. The monoisotopic (exact) mass is 254 g/mol. The van der Waals surface area contributed by atoms with E-state index in [0.717, 1.165) is 12.1 Å². The molecule has 1 aromatic carbocycles. The van der Waals surface area contributed by atoms with Crippen molar-refractivity contribution in [2.75, 3.05) is 13.1 Å². The van der Waals surface area contributed by atoms with Crippen LogP contribution < -0.4 is 5.32 Å². The second-order valence-corrected chi connectivity index (χ2v) is 4.06. The number of benzene rings is 1. The highest BCUT2D eigenvalue weighted by molar-refractivity contribution is 5.98. The molecule has 0 bridgehead atoms. The van der Waals surface area contributed by atoms with E-state index in [2.05, 4.69) is 5.32 Å². The number of halogens is 2. The largest absolute Gasteiger partial charge is 0.353 e. The lowest BCUT2D eigenvalue weighted by molar-refractivity contribution is -0.127. The van der Waals surface area contributed by atoms with Crippen molar-refractivity contribution < 1.29 is 18.4 Å². The van der Waals surface area contributed by atoms with Crippen molar-refractivity contribution in [3.05, 3.63) is 35.4 Å². The first kappa shape index (κ1) is 12.5. The van der Waals surface area contributed by atoms with E-state index in [1.165, 1.54) is 17.9 Å². The summed E-state index contributed by atoms with van der Waals surface area (Å²) in [7, 11) is 0. The van der Waals surface area contributed by atoms with Gasteiger partial charge in [0.25, 0.3) is 5.91 Å². The molecule has 0 aromatic heterocycles. The maximum Gasteiger partial charge on any atom is 0.260 e. The second-order valence-electron chi connectivity index (χ2n) is 4.06. The fourth-order valence-corrected chi connectivity index (χ4v) is 1.91. The number of nitrogens with one attached hydrogen (secondary N) is 1. The van der Waals surface area contributed by atoms with Crippen molar-refractivity contribution in [2.45, 2.75) is 13.0 Å². The average molecular weight is 254 g/mol.